The van der Waals surface area contributed by atoms with Gasteiger partial charge in [0.2, 0.25) is 11.6 Å². The van der Waals surface area contributed by atoms with E-state index in [0.29, 0.717) is 5.56 Å². The second-order valence-corrected chi connectivity index (χ2v) is 7.24. The zero-order chi connectivity index (χ0) is 23.8. The Bertz CT molecular complexity index is 994. The summed E-state index contributed by atoms with van der Waals surface area (Å²) < 4.78 is 95.3. The average molecular weight is 462 g/mol. The van der Waals surface area contributed by atoms with Gasteiger partial charge < -0.3 is 5.11 Å². The van der Waals surface area contributed by atoms with Crippen LogP contribution in [0.1, 0.15) is 24.0 Å². The van der Waals surface area contributed by atoms with Crippen LogP contribution in [0, 0.1) is 0 Å². The van der Waals surface area contributed by atoms with Crippen molar-refractivity contribution >= 4 is 11.6 Å². The van der Waals surface area contributed by atoms with Crippen LogP contribution in [0.2, 0.25) is 0 Å². The number of benzene rings is 2. The van der Waals surface area contributed by atoms with Crippen LogP contribution in [-0.2, 0) is 11.2 Å². The zero-order valence-corrected chi connectivity index (χ0v) is 16.3. The number of carbonyl (C=O) groups excluding carboxylic acids is 1. The van der Waals surface area contributed by atoms with E-state index in [0.717, 1.165) is 0 Å². The van der Waals surface area contributed by atoms with Crippen LogP contribution < -0.4 is 0 Å². The molecule has 32 heavy (non-hydrogen) atoms. The average Bonchev–Trinajstić information content (AvgIpc) is 3.12. The molecule has 3 rings (SSSR count). The summed E-state index contributed by atoms with van der Waals surface area (Å²) in [5, 5.41) is 13.8. The highest BCUT2D eigenvalue weighted by Gasteiger charge is 2.82. The number of aryl methyl sites for hydroxylation is 1. The third-order valence-corrected chi connectivity index (χ3v) is 5.05. The third-order valence-electron chi connectivity index (χ3n) is 5.05. The number of hydrogen-bond acceptors (Lipinski definition) is 3. The lowest BCUT2D eigenvalue weighted by Gasteiger charge is -2.41. The van der Waals surface area contributed by atoms with E-state index in [2.05, 4.69) is 5.10 Å². The van der Waals surface area contributed by atoms with E-state index < -0.39 is 48.2 Å². The number of alkyl halides is 7. The quantitative estimate of drug-likeness (QED) is 0.629. The molecule has 2 aromatic rings. The number of carbonyl (C=O) groups is 1. The van der Waals surface area contributed by atoms with Crippen LogP contribution in [0.15, 0.2) is 65.8 Å². The van der Waals surface area contributed by atoms with E-state index in [1.165, 1.54) is 24.3 Å². The Morgan fingerprint density at radius 1 is 0.938 bits per heavy atom. The second kappa shape index (κ2) is 8.19. The molecular formula is C21H17F7N2O2. The van der Waals surface area contributed by atoms with E-state index in [9.17, 15) is 40.6 Å². The minimum absolute atomic E-state index is 0.0380. The first-order valence-corrected chi connectivity index (χ1v) is 9.36. The normalized spacial score (nSPS) is 19.8. The molecule has 172 valence electrons. The first kappa shape index (κ1) is 23.7. The standard InChI is InChI=1S/C21H17F7N2O2/c22-19(23,20(24,25)21(26,27)28)18(32)13-16(15-9-5-2-6-10-15)29-30(18)17(31)12-11-14-7-3-1-4-8-14/h1-10,32H,11-13H2/t18-/m0/s1. The van der Waals surface area contributed by atoms with Crippen LogP contribution in [0.5, 0.6) is 0 Å². The maximum absolute atomic E-state index is 14.7. The minimum Gasteiger partial charge on any atom is -0.364 e. The van der Waals surface area contributed by atoms with Crippen LogP contribution in [-0.4, -0.2) is 45.5 Å². The van der Waals surface area contributed by atoms with Gasteiger partial charge in [-0.1, -0.05) is 60.7 Å². The summed E-state index contributed by atoms with van der Waals surface area (Å²) in [5.74, 6) is -14.1. The van der Waals surface area contributed by atoms with E-state index in [1.807, 2.05) is 0 Å². The Morgan fingerprint density at radius 3 is 2.00 bits per heavy atom. The predicted octanol–water partition coefficient (Wildman–Crippen LogP) is 4.78. The molecule has 1 atom stereocenters. The fraction of sp³-hybridized carbons (Fsp3) is 0.333. The topological polar surface area (TPSA) is 52.9 Å². The maximum Gasteiger partial charge on any atom is 0.460 e. The van der Waals surface area contributed by atoms with Crippen molar-refractivity contribution in [2.45, 2.75) is 43.0 Å². The van der Waals surface area contributed by atoms with E-state index in [1.54, 1.807) is 36.4 Å². The van der Waals surface area contributed by atoms with Crippen LogP contribution in [0.3, 0.4) is 0 Å². The number of rotatable bonds is 6. The molecule has 0 saturated carbocycles. The molecule has 0 bridgehead atoms. The van der Waals surface area contributed by atoms with E-state index in [-0.39, 0.29) is 17.0 Å². The van der Waals surface area contributed by atoms with Crippen LogP contribution in [0.25, 0.3) is 0 Å². The SMILES string of the molecule is O=C(CCc1ccccc1)N1N=C(c2ccccc2)C[C@]1(O)C(F)(F)C(F)(F)C(F)(F)F. The number of amides is 1. The molecular weight excluding hydrogens is 445 g/mol. The van der Waals surface area contributed by atoms with Gasteiger partial charge in [-0.25, -0.2) is 0 Å². The summed E-state index contributed by atoms with van der Waals surface area (Å²) in [7, 11) is 0. The highest BCUT2D eigenvalue weighted by molar-refractivity contribution is 6.03. The van der Waals surface area contributed by atoms with E-state index in [4.69, 9.17) is 0 Å². The molecule has 1 amide bonds. The summed E-state index contributed by atoms with van der Waals surface area (Å²) >= 11 is 0. The maximum atomic E-state index is 14.7. The third kappa shape index (κ3) is 3.96. The number of hydrogen-bond donors (Lipinski definition) is 1. The Balaban J connectivity index is 2.00. The highest BCUT2D eigenvalue weighted by atomic mass is 19.4. The second-order valence-electron chi connectivity index (χ2n) is 7.24. The summed E-state index contributed by atoms with van der Waals surface area (Å²) in [6.45, 7) is 0. The van der Waals surface area contributed by atoms with Crippen molar-refractivity contribution in [1.82, 2.24) is 5.01 Å². The van der Waals surface area contributed by atoms with Crippen molar-refractivity contribution in [3.8, 4) is 0 Å². The Kier molecular flexibility index (Phi) is 6.07. The first-order chi connectivity index (χ1) is 14.8. The number of hydrazone groups is 1. The molecule has 0 saturated heterocycles. The molecule has 11 heteroatoms. The molecule has 0 spiro atoms. The molecule has 0 unspecified atom stereocenters. The lowest BCUT2D eigenvalue weighted by Crippen LogP contribution is -2.69. The monoisotopic (exact) mass is 462 g/mol. The largest absolute Gasteiger partial charge is 0.460 e. The fourth-order valence-electron chi connectivity index (χ4n) is 3.27. The predicted molar refractivity (Wildman–Crippen MR) is 100 cm³/mol. The molecule has 1 N–H and O–H groups in total. The molecule has 0 radical (unpaired) electrons. The zero-order valence-electron chi connectivity index (χ0n) is 16.3. The van der Waals surface area contributed by atoms with Crippen molar-refractivity contribution in [3.63, 3.8) is 0 Å². The summed E-state index contributed by atoms with van der Waals surface area (Å²) in [4.78, 5) is 12.6. The fourth-order valence-corrected chi connectivity index (χ4v) is 3.27. The minimum atomic E-state index is -6.68. The van der Waals surface area contributed by atoms with Gasteiger partial charge in [0.05, 0.1) is 5.71 Å². The van der Waals surface area contributed by atoms with Gasteiger partial charge in [-0.3, -0.25) is 4.79 Å². The van der Waals surface area contributed by atoms with Crippen molar-refractivity contribution < 1.29 is 40.6 Å². The van der Waals surface area contributed by atoms with Crippen molar-refractivity contribution in [2.24, 2.45) is 5.10 Å². The number of nitrogens with zero attached hydrogens (tertiary/aromatic N) is 2. The Morgan fingerprint density at radius 2 is 1.47 bits per heavy atom. The van der Waals surface area contributed by atoms with Gasteiger partial charge in [0.25, 0.3) is 0 Å². The molecule has 4 nitrogen and oxygen atoms in total. The lowest BCUT2D eigenvalue weighted by atomic mass is 9.91. The smallest absolute Gasteiger partial charge is 0.364 e. The molecule has 0 aliphatic carbocycles. The highest BCUT2D eigenvalue weighted by Crippen LogP contribution is 2.54. The molecule has 1 heterocycles. The van der Waals surface area contributed by atoms with Gasteiger partial charge in [-0.05, 0) is 17.5 Å². The molecule has 2 aromatic carbocycles. The first-order valence-electron chi connectivity index (χ1n) is 9.36. The Labute approximate surface area is 178 Å². The van der Waals surface area contributed by atoms with Gasteiger partial charge in [0, 0.05) is 12.8 Å². The van der Waals surface area contributed by atoms with Gasteiger partial charge in [0.15, 0.2) is 0 Å². The van der Waals surface area contributed by atoms with Crippen molar-refractivity contribution in [3.05, 3.63) is 71.8 Å². The van der Waals surface area contributed by atoms with Crippen molar-refractivity contribution in [2.75, 3.05) is 0 Å². The van der Waals surface area contributed by atoms with Gasteiger partial charge >= 0.3 is 18.0 Å². The molecule has 1 aliphatic heterocycles. The number of aliphatic hydroxyl groups is 1. The summed E-state index contributed by atoms with van der Waals surface area (Å²) in [6, 6.07) is 15.3. The Hall–Kier alpha value is -2.95. The molecule has 0 fully saturated rings. The summed E-state index contributed by atoms with van der Waals surface area (Å²) in [6.07, 6.45) is -8.71. The number of halogens is 7. The lowest BCUT2D eigenvalue weighted by molar-refractivity contribution is -0.401. The molecule has 0 aromatic heterocycles. The van der Waals surface area contributed by atoms with Gasteiger partial charge in [-0.15, -0.1) is 0 Å². The van der Waals surface area contributed by atoms with Crippen molar-refractivity contribution in [1.29, 1.82) is 0 Å². The van der Waals surface area contributed by atoms with E-state index >= 15 is 0 Å². The van der Waals surface area contributed by atoms with Crippen LogP contribution >= 0.6 is 0 Å². The summed E-state index contributed by atoms with van der Waals surface area (Å²) in [5.41, 5.74) is -4.00. The van der Waals surface area contributed by atoms with Gasteiger partial charge in [-0.2, -0.15) is 40.8 Å². The van der Waals surface area contributed by atoms with Gasteiger partial charge in [0.1, 0.15) is 0 Å². The molecule has 1 aliphatic rings. The van der Waals surface area contributed by atoms with Crippen LogP contribution in [0.4, 0.5) is 30.7 Å².